The molecule has 20 heavy (non-hydrogen) atoms. The molecule has 1 amide bonds. The zero-order valence-electron chi connectivity index (χ0n) is 12.1. The van der Waals surface area contributed by atoms with Gasteiger partial charge in [0.2, 0.25) is 5.91 Å². The van der Waals surface area contributed by atoms with Crippen LogP contribution in [-0.4, -0.2) is 35.6 Å². The molecule has 1 saturated heterocycles. The van der Waals surface area contributed by atoms with E-state index >= 15 is 0 Å². The molecule has 2 fully saturated rings. The number of rotatable bonds is 5. The smallest absolute Gasteiger partial charge is 0.306 e. The zero-order valence-corrected chi connectivity index (χ0v) is 12.1. The highest BCUT2D eigenvalue weighted by molar-refractivity contribution is 5.76. The minimum atomic E-state index is -0.696. The van der Waals surface area contributed by atoms with Crippen molar-refractivity contribution >= 4 is 11.9 Å². The Morgan fingerprint density at radius 3 is 2.45 bits per heavy atom. The largest absolute Gasteiger partial charge is 0.481 e. The first kappa shape index (κ1) is 15.3. The van der Waals surface area contributed by atoms with Crippen LogP contribution in [-0.2, 0) is 9.59 Å². The van der Waals surface area contributed by atoms with Crippen molar-refractivity contribution in [3.05, 3.63) is 0 Å². The average Bonchev–Trinajstić information content (AvgIpc) is 2.47. The summed E-state index contributed by atoms with van der Waals surface area (Å²) in [5, 5.41) is 15.4. The Labute approximate surface area is 120 Å². The van der Waals surface area contributed by atoms with Crippen molar-refractivity contribution in [2.45, 2.75) is 69.9 Å². The van der Waals surface area contributed by atoms with Gasteiger partial charge in [0.1, 0.15) is 0 Å². The van der Waals surface area contributed by atoms with Gasteiger partial charge in [-0.25, -0.2) is 0 Å². The molecule has 2 rings (SSSR count). The number of carboxylic acid groups (broad SMARTS) is 1. The van der Waals surface area contributed by atoms with Crippen molar-refractivity contribution in [1.82, 2.24) is 10.6 Å². The lowest BCUT2D eigenvalue weighted by Crippen LogP contribution is -2.40. The second-order valence-electron chi connectivity index (χ2n) is 6.14. The van der Waals surface area contributed by atoms with Gasteiger partial charge in [-0.1, -0.05) is 6.42 Å². The number of carboxylic acids is 1. The second-order valence-corrected chi connectivity index (χ2v) is 6.14. The SMILES string of the molecule is O=C(CCC1CCCCN1)NC1CCC(C(=O)O)CC1. The van der Waals surface area contributed by atoms with Crippen molar-refractivity contribution in [2.24, 2.45) is 5.92 Å². The lowest BCUT2D eigenvalue weighted by Gasteiger charge is -2.27. The Morgan fingerprint density at radius 2 is 1.85 bits per heavy atom. The number of piperidine rings is 1. The fraction of sp³-hybridized carbons (Fsp3) is 0.867. The van der Waals surface area contributed by atoms with Gasteiger partial charge in [-0.05, 0) is 51.5 Å². The third-order valence-electron chi connectivity index (χ3n) is 4.57. The number of hydrogen-bond acceptors (Lipinski definition) is 3. The molecule has 1 aliphatic heterocycles. The Hall–Kier alpha value is -1.10. The van der Waals surface area contributed by atoms with Gasteiger partial charge in [-0.15, -0.1) is 0 Å². The van der Waals surface area contributed by atoms with Crippen LogP contribution in [0.2, 0.25) is 0 Å². The molecule has 0 radical (unpaired) electrons. The van der Waals surface area contributed by atoms with Gasteiger partial charge >= 0.3 is 5.97 Å². The number of carbonyl (C=O) groups excluding carboxylic acids is 1. The lowest BCUT2D eigenvalue weighted by atomic mass is 9.86. The summed E-state index contributed by atoms with van der Waals surface area (Å²) in [4.78, 5) is 22.8. The molecule has 1 unspecified atom stereocenters. The van der Waals surface area contributed by atoms with E-state index in [1.807, 2.05) is 0 Å². The van der Waals surface area contributed by atoms with Crippen LogP contribution in [0.15, 0.2) is 0 Å². The molecule has 0 spiro atoms. The maximum Gasteiger partial charge on any atom is 0.306 e. The van der Waals surface area contributed by atoms with E-state index in [-0.39, 0.29) is 17.9 Å². The maximum atomic E-state index is 11.9. The Morgan fingerprint density at radius 1 is 1.10 bits per heavy atom. The maximum absolute atomic E-state index is 11.9. The molecule has 114 valence electrons. The van der Waals surface area contributed by atoms with E-state index < -0.39 is 5.97 Å². The van der Waals surface area contributed by atoms with Gasteiger partial charge in [0, 0.05) is 18.5 Å². The first-order chi connectivity index (χ1) is 9.65. The average molecular weight is 282 g/mol. The second kappa shape index (κ2) is 7.62. The highest BCUT2D eigenvalue weighted by Gasteiger charge is 2.26. The van der Waals surface area contributed by atoms with Crippen LogP contribution in [0.4, 0.5) is 0 Å². The van der Waals surface area contributed by atoms with E-state index in [1.54, 1.807) is 0 Å². The van der Waals surface area contributed by atoms with Crippen molar-refractivity contribution in [2.75, 3.05) is 6.54 Å². The molecule has 1 atom stereocenters. The van der Waals surface area contributed by atoms with Crippen molar-refractivity contribution in [1.29, 1.82) is 0 Å². The molecule has 1 saturated carbocycles. The summed E-state index contributed by atoms with van der Waals surface area (Å²) in [6, 6.07) is 0.676. The molecule has 0 bridgehead atoms. The topological polar surface area (TPSA) is 78.4 Å². The third-order valence-corrected chi connectivity index (χ3v) is 4.57. The minimum absolute atomic E-state index is 0.121. The molecule has 5 heteroatoms. The summed E-state index contributed by atoms with van der Waals surface area (Å²) in [6.07, 6.45) is 8.14. The molecule has 0 aromatic heterocycles. The zero-order chi connectivity index (χ0) is 14.4. The van der Waals surface area contributed by atoms with Crippen molar-refractivity contribution in [3.63, 3.8) is 0 Å². The molecule has 0 aromatic rings. The van der Waals surface area contributed by atoms with Gasteiger partial charge in [0.15, 0.2) is 0 Å². The number of carbonyl (C=O) groups is 2. The fourth-order valence-electron chi connectivity index (χ4n) is 3.26. The van der Waals surface area contributed by atoms with Crippen LogP contribution < -0.4 is 10.6 Å². The molecule has 1 heterocycles. The normalized spacial score (nSPS) is 30.7. The monoisotopic (exact) mass is 282 g/mol. The molecule has 3 N–H and O–H groups in total. The van der Waals surface area contributed by atoms with Crippen LogP contribution in [0.25, 0.3) is 0 Å². The summed E-state index contributed by atoms with van der Waals surface area (Å²) in [5.74, 6) is -0.788. The van der Waals surface area contributed by atoms with Crippen molar-refractivity contribution < 1.29 is 14.7 Å². The van der Waals surface area contributed by atoms with Gasteiger partial charge in [-0.3, -0.25) is 9.59 Å². The van der Waals surface area contributed by atoms with E-state index in [4.69, 9.17) is 5.11 Å². The van der Waals surface area contributed by atoms with E-state index in [0.717, 1.165) is 25.8 Å². The summed E-state index contributed by atoms with van der Waals surface area (Å²) in [6.45, 7) is 1.07. The van der Waals surface area contributed by atoms with Crippen LogP contribution in [0.5, 0.6) is 0 Å². The predicted molar refractivity (Wildman–Crippen MR) is 76.4 cm³/mol. The van der Waals surface area contributed by atoms with E-state index in [2.05, 4.69) is 10.6 Å². The third kappa shape index (κ3) is 4.78. The summed E-state index contributed by atoms with van der Waals surface area (Å²) >= 11 is 0. The number of nitrogens with one attached hydrogen (secondary N) is 2. The van der Waals surface area contributed by atoms with Gasteiger partial charge < -0.3 is 15.7 Å². The molecule has 0 aromatic carbocycles. The fourth-order valence-corrected chi connectivity index (χ4v) is 3.26. The molecule has 1 aliphatic carbocycles. The van der Waals surface area contributed by atoms with E-state index in [0.29, 0.717) is 25.3 Å². The molecular formula is C15H26N2O3. The van der Waals surface area contributed by atoms with Crippen LogP contribution >= 0.6 is 0 Å². The highest BCUT2D eigenvalue weighted by Crippen LogP contribution is 2.24. The number of amides is 1. The van der Waals surface area contributed by atoms with E-state index in [1.165, 1.54) is 19.3 Å². The Balaban J connectivity index is 1.61. The highest BCUT2D eigenvalue weighted by atomic mass is 16.4. The van der Waals surface area contributed by atoms with E-state index in [9.17, 15) is 9.59 Å². The summed E-state index contributed by atoms with van der Waals surface area (Å²) < 4.78 is 0. The molecule has 2 aliphatic rings. The molecular weight excluding hydrogens is 256 g/mol. The first-order valence-electron chi connectivity index (χ1n) is 7.90. The Bertz CT molecular complexity index is 332. The summed E-state index contributed by atoms with van der Waals surface area (Å²) in [5.41, 5.74) is 0. The first-order valence-corrected chi connectivity index (χ1v) is 7.90. The summed E-state index contributed by atoms with van der Waals surface area (Å²) in [7, 11) is 0. The van der Waals surface area contributed by atoms with Gasteiger partial charge in [0.05, 0.1) is 5.92 Å². The lowest BCUT2D eigenvalue weighted by molar-refractivity contribution is -0.142. The minimum Gasteiger partial charge on any atom is -0.481 e. The van der Waals surface area contributed by atoms with Crippen LogP contribution in [0.3, 0.4) is 0 Å². The molecule has 5 nitrogen and oxygen atoms in total. The predicted octanol–water partition coefficient (Wildman–Crippen LogP) is 1.67. The number of aliphatic carboxylic acids is 1. The van der Waals surface area contributed by atoms with Gasteiger partial charge in [0.25, 0.3) is 0 Å². The van der Waals surface area contributed by atoms with Crippen LogP contribution in [0, 0.1) is 5.92 Å². The van der Waals surface area contributed by atoms with Gasteiger partial charge in [-0.2, -0.15) is 0 Å². The van der Waals surface area contributed by atoms with Crippen LogP contribution in [0.1, 0.15) is 57.8 Å². The quantitative estimate of drug-likeness (QED) is 0.716. The van der Waals surface area contributed by atoms with Crippen molar-refractivity contribution in [3.8, 4) is 0 Å². The Kier molecular flexibility index (Phi) is 5.83. The standard InChI is InChI=1S/C15H26N2O3/c18-14(9-8-12-3-1-2-10-16-12)17-13-6-4-11(5-7-13)15(19)20/h11-13,16H,1-10H2,(H,17,18)(H,19,20). The number of hydrogen-bond donors (Lipinski definition) is 3.